The highest BCUT2D eigenvalue weighted by molar-refractivity contribution is 5.78. The van der Waals surface area contributed by atoms with Gasteiger partial charge in [0.1, 0.15) is 5.82 Å². The van der Waals surface area contributed by atoms with E-state index in [1.807, 2.05) is 24.9 Å². The molecule has 1 aliphatic heterocycles. The van der Waals surface area contributed by atoms with Gasteiger partial charge >= 0.3 is 0 Å². The van der Waals surface area contributed by atoms with E-state index in [1.165, 1.54) is 5.01 Å². The van der Waals surface area contributed by atoms with E-state index in [9.17, 15) is 4.79 Å². The third kappa shape index (κ3) is 1.35. The van der Waals surface area contributed by atoms with Gasteiger partial charge in [-0.2, -0.15) is 0 Å². The molecule has 1 heterocycles. The lowest BCUT2D eigenvalue weighted by molar-refractivity contribution is -0.133. The van der Waals surface area contributed by atoms with Crippen molar-refractivity contribution in [3.8, 4) is 0 Å². The average molecular weight is 155 g/mol. The molecule has 0 aromatic carbocycles. The van der Waals surface area contributed by atoms with Gasteiger partial charge < -0.3 is 4.90 Å². The molecule has 0 spiro atoms. The molecule has 0 aromatic rings. The van der Waals surface area contributed by atoms with E-state index >= 15 is 0 Å². The van der Waals surface area contributed by atoms with Gasteiger partial charge in [0.05, 0.1) is 0 Å². The number of hydrogen-bond donors (Lipinski definition) is 1. The Labute approximate surface area is 66.2 Å². The van der Waals surface area contributed by atoms with Crippen molar-refractivity contribution in [3.05, 3.63) is 11.9 Å². The predicted octanol–water partition coefficient (Wildman–Crippen LogP) is -0.114. The van der Waals surface area contributed by atoms with Gasteiger partial charge in [0.15, 0.2) is 0 Å². The summed E-state index contributed by atoms with van der Waals surface area (Å²) >= 11 is 0. The maximum absolute atomic E-state index is 11.0. The molecule has 1 fully saturated rings. The largest absolute Gasteiger partial charge is 0.360 e. The molecule has 1 amide bonds. The molecule has 0 radical (unpaired) electrons. The Kier molecular flexibility index (Phi) is 2.14. The SMILES string of the molecule is CC=C1N(C)CCC(=O)N1N. The van der Waals surface area contributed by atoms with Gasteiger partial charge in [-0.25, -0.2) is 10.9 Å². The molecule has 2 N–H and O–H groups in total. The summed E-state index contributed by atoms with van der Waals surface area (Å²) in [5, 5.41) is 1.20. The van der Waals surface area contributed by atoms with Crippen molar-refractivity contribution in [2.45, 2.75) is 13.3 Å². The van der Waals surface area contributed by atoms with Gasteiger partial charge in [-0.15, -0.1) is 0 Å². The number of carbonyl (C=O) groups is 1. The van der Waals surface area contributed by atoms with Crippen LogP contribution >= 0.6 is 0 Å². The maximum Gasteiger partial charge on any atom is 0.244 e. The van der Waals surface area contributed by atoms with Crippen LogP contribution in [0.2, 0.25) is 0 Å². The van der Waals surface area contributed by atoms with Crippen LogP contribution in [0.1, 0.15) is 13.3 Å². The highest BCUT2D eigenvalue weighted by atomic mass is 16.2. The zero-order valence-corrected chi connectivity index (χ0v) is 6.87. The fourth-order valence-corrected chi connectivity index (χ4v) is 1.17. The van der Waals surface area contributed by atoms with Gasteiger partial charge in [-0.1, -0.05) is 0 Å². The first kappa shape index (κ1) is 8.07. The van der Waals surface area contributed by atoms with Gasteiger partial charge in [-0.05, 0) is 13.0 Å². The first-order valence-electron chi connectivity index (χ1n) is 3.62. The van der Waals surface area contributed by atoms with Gasteiger partial charge in [0.25, 0.3) is 0 Å². The van der Waals surface area contributed by atoms with Gasteiger partial charge in [0, 0.05) is 20.0 Å². The molecule has 0 aliphatic carbocycles. The van der Waals surface area contributed by atoms with Crippen LogP contribution in [-0.4, -0.2) is 29.4 Å². The Morgan fingerprint density at radius 2 is 2.27 bits per heavy atom. The second-order valence-electron chi connectivity index (χ2n) is 2.58. The third-order valence-electron chi connectivity index (χ3n) is 1.83. The molecule has 4 heteroatoms. The first-order valence-corrected chi connectivity index (χ1v) is 3.62. The summed E-state index contributed by atoms with van der Waals surface area (Å²) in [5.41, 5.74) is 0. The van der Waals surface area contributed by atoms with Crippen LogP contribution in [0.15, 0.2) is 11.9 Å². The van der Waals surface area contributed by atoms with Crippen molar-refractivity contribution in [3.63, 3.8) is 0 Å². The fraction of sp³-hybridized carbons (Fsp3) is 0.571. The second kappa shape index (κ2) is 2.92. The van der Waals surface area contributed by atoms with Crippen molar-refractivity contribution >= 4 is 5.91 Å². The molecule has 1 saturated heterocycles. The molecule has 11 heavy (non-hydrogen) atoms. The number of amides is 1. The second-order valence-corrected chi connectivity index (χ2v) is 2.58. The Bertz CT molecular complexity index is 200. The van der Waals surface area contributed by atoms with Crippen LogP contribution in [0, 0.1) is 0 Å². The molecule has 4 nitrogen and oxygen atoms in total. The Morgan fingerprint density at radius 3 is 2.73 bits per heavy atom. The lowest BCUT2D eigenvalue weighted by Gasteiger charge is -2.33. The van der Waals surface area contributed by atoms with Crippen molar-refractivity contribution < 1.29 is 4.79 Å². The highest BCUT2D eigenvalue weighted by Gasteiger charge is 2.22. The topological polar surface area (TPSA) is 49.6 Å². The zero-order chi connectivity index (χ0) is 8.43. The number of nitrogens with zero attached hydrogens (tertiary/aromatic N) is 2. The van der Waals surface area contributed by atoms with Gasteiger partial charge in [0.2, 0.25) is 5.91 Å². The van der Waals surface area contributed by atoms with E-state index in [1.54, 1.807) is 0 Å². The number of carbonyl (C=O) groups excluding carboxylic acids is 1. The summed E-state index contributed by atoms with van der Waals surface area (Å²) in [6.07, 6.45) is 2.33. The Balaban J connectivity index is 2.80. The van der Waals surface area contributed by atoms with E-state index in [0.717, 1.165) is 12.4 Å². The monoisotopic (exact) mass is 155 g/mol. The number of allylic oxidation sites excluding steroid dienone is 1. The van der Waals surface area contributed by atoms with Crippen molar-refractivity contribution in [2.24, 2.45) is 5.84 Å². The molecular weight excluding hydrogens is 142 g/mol. The molecule has 0 aromatic heterocycles. The highest BCUT2D eigenvalue weighted by Crippen LogP contribution is 2.12. The van der Waals surface area contributed by atoms with Crippen LogP contribution in [0.5, 0.6) is 0 Å². The number of nitrogens with two attached hydrogens (primary N) is 1. The van der Waals surface area contributed by atoms with Crippen LogP contribution in [0.25, 0.3) is 0 Å². The summed E-state index contributed by atoms with van der Waals surface area (Å²) in [6, 6.07) is 0. The van der Waals surface area contributed by atoms with Gasteiger partial charge in [-0.3, -0.25) is 4.79 Å². The van der Waals surface area contributed by atoms with Crippen molar-refractivity contribution in [2.75, 3.05) is 13.6 Å². The van der Waals surface area contributed by atoms with Crippen LogP contribution in [-0.2, 0) is 4.79 Å². The molecule has 62 valence electrons. The first-order chi connectivity index (χ1) is 5.16. The number of hydrogen-bond acceptors (Lipinski definition) is 3. The third-order valence-corrected chi connectivity index (χ3v) is 1.83. The molecule has 1 rings (SSSR count). The minimum Gasteiger partial charge on any atom is -0.360 e. The zero-order valence-electron chi connectivity index (χ0n) is 6.87. The van der Waals surface area contributed by atoms with E-state index in [2.05, 4.69) is 0 Å². The number of rotatable bonds is 0. The summed E-state index contributed by atoms with van der Waals surface area (Å²) < 4.78 is 0. The molecule has 0 atom stereocenters. The normalized spacial score (nSPS) is 23.2. The summed E-state index contributed by atoms with van der Waals surface area (Å²) in [6.45, 7) is 2.62. The number of hydrazine groups is 1. The van der Waals surface area contributed by atoms with Crippen LogP contribution in [0.3, 0.4) is 0 Å². The van der Waals surface area contributed by atoms with E-state index in [4.69, 9.17) is 5.84 Å². The van der Waals surface area contributed by atoms with Crippen molar-refractivity contribution in [1.82, 2.24) is 9.91 Å². The lowest BCUT2D eigenvalue weighted by atomic mass is 10.3. The Morgan fingerprint density at radius 1 is 1.64 bits per heavy atom. The van der Waals surface area contributed by atoms with E-state index in [0.29, 0.717) is 6.42 Å². The summed E-state index contributed by atoms with van der Waals surface area (Å²) in [5.74, 6) is 6.26. The standard InChI is InChI=1S/C7H13N3O/c1-3-6-9(2)5-4-7(11)10(6)8/h3H,4-5,8H2,1-2H3. The minimum absolute atomic E-state index is 0.0174. The minimum atomic E-state index is -0.0174. The van der Waals surface area contributed by atoms with Crippen LogP contribution < -0.4 is 5.84 Å². The molecule has 0 unspecified atom stereocenters. The maximum atomic E-state index is 11.0. The predicted molar refractivity (Wildman–Crippen MR) is 42.0 cm³/mol. The molecule has 0 saturated carbocycles. The van der Waals surface area contributed by atoms with E-state index in [-0.39, 0.29) is 5.91 Å². The summed E-state index contributed by atoms with van der Waals surface area (Å²) in [7, 11) is 1.92. The smallest absolute Gasteiger partial charge is 0.244 e. The molecule has 0 bridgehead atoms. The summed E-state index contributed by atoms with van der Waals surface area (Å²) in [4.78, 5) is 13.0. The van der Waals surface area contributed by atoms with E-state index < -0.39 is 0 Å². The lowest BCUT2D eigenvalue weighted by Crippen LogP contribution is -2.48. The van der Waals surface area contributed by atoms with Crippen LogP contribution in [0.4, 0.5) is 0 Å². The quantitative estimate of drug-likeness (QED) is 0.392. The molecule has 1 aliphatic rings. The Hall–Kier alpha value is -1.03. The van der Waals surface area contributed by atoms with Crippen molar-refractivity contribution in [1.29, 1.82) is 0 Å². The molecular formula is C7H13N3O. The average Bonchev–Trinajstić information content (AvgIpc) is 1.99. The fourth-order valence-electron chi connectivity index (χ4n) is 1.17.